The van der Waals surface area contributed by atoms with Gasteiger partial charge in [0, 0.05) is 10.9 Å². The summed E-state index contributed by atoms with van der Waals surface area (Å²) in [6.45, 7) is 0.687. The maximum atomic E-state index is 5.26. The molecular formula is C9H6N2O. The Morgan fingerprint density at radius 1 is 1.25 bits per heavy atom. The van der Waals surface area contributed by atoms with Crippen LogP contribution in [0.1, 0.15) is 5.56 Å². The van der Waals surface area contributed by atoms with Crippen molar-refractivity contribution in [2.24, 2.45) is 10.2 Å². The predicted molar refractivity (Wildman–Crippen MR) is 44.4 cm³/mol. The molecule has 1 aliphatic rings. The van der Waals surface area contributed by atoms with Gasteiger partial charge in [-0.1, -0.05) is 0 Å². The second-order valence-electron chi connectivity index (χ2n) is 2.80. The van der Waals surface area contributed by atoms with E-state index in [0.717, 1.165) is 16.7 Å². The van der Waals surface area contributed by atoms with Crippen LogP contribution in [0, 0.1) is 0 Å². The van der Waals surface area contributed by atoms with Gasteiger partial charge in [0.15, 0.2) is 0 Å². The number of nitrogens with zero attached hydrogens (tertiary/aromatic N) is 2. The summed E-state index contributed by atoms with van der Waals surface area (Å²) in [6.07, 6.45) is 1.70. The first kappa shape index (κ1) is 5.94. The summed E-state index contributed by atoms with van der Waals surface area (Å²) >= 11 is 0. The van der Waals surface area contributed by atoms with Crippen molar-refractivity contribution < 1.29 is 4.42 Å². The van der Waals surface area contributed by atoms with Crippen molar-refractivity contribution in [2.45, 2.75) is 6.54 Å². The third-order valence-electron chi connectivity index (χ3n) is 2.13. The van der Waals surface area contributed by atoms with Crippen LogP contribution in [0.4, 0.5) is 5.69 Å². The van der Waals surface area contributed by atoms with E-state index in [1.807, 2.05) is 18.2 Å². The van der Waals surface area contributed by atoms with Crippen LogP contribution in [0.3, 0.4) is 0 Å². The SMILES string of the molecule is c1cc2c3c(ccc2o1)N=NC3. The number of azo groups is 1. The van der Waals surface area contributed by atoms with Crippen LogP contribution in [-0.2, 0) is 6.54 Å². The zero-order chi connectivity index (χ0) is 7.97. The molecule has 2 aromatic rings. The smallest absolute Gasteiger partial charge is 0.134 e. The molecule has 0 amide bonds. The molecule has 0 fully saturated rings. The summed E-state index contributed by atoms with van der Waals surface area (Å²) in [7, 11) is 0. The molecule has 3 heteroatoms. The normalized spacial score (nSPS) is 14.0. The lowest BCUT2D eigenvalue weighted by molar-refractivity contribution is 0.616. The van der Waals surface area contributed by atoms with Crippen LogP contribution in [0.25, 0.3) is 11.0 Å². The molecule has 0 N–H and O–H groups in total. The summed E-state index contributed by atoms with van der Waals surface area (Å²) < 4.78 is 5.26. The first-order valence-electron chi connectivity index (χ1n) is 3.82. The molecule has 3 rings (SSSR count). The van der Waals surface area contributed by atoms with Crippen molar-refractivity contribution >= 4 is 16.7 Å². The van der Waals surface area contributed by atoms with Crippen molar-refractivity contribution in [3.05, 3.63) is 30.0 Å². The average Bonchev–Trinajstić information content (AvgIpc) is 2.71. The van der Waals surface area contributed by atoms with Gasteiger partial charge in [-0.25, -0.2) is 0 Å². The Hall–Kier alpha value is -1.64. The van der Waals surface area contributed by atoms with E-state index in [1.54, 1.807) is 6.26 Å². The van der Waals surface area contributed by atoms with Crippen LogP contribution >= 0.6 is 0 Å². The fraction of sp³-hybridized carbons (Fsp3) is 0.111. The quantitative estimate of drug-likeness (QED) is 0.580. The van der Waals surface area contributed by atoms with E-state index in [4.69, 9.17) is 4.42 Å². The molecule has 12 heavy (non-hydrogen) atoms. The number of benzene rings is 1. The zero-order valence-corrected chi connectivity index (χ0v) is 6.32. The molecule has 0 radical (unpaired) electrons. The maximum absolute atomic E-state index is 5.26. The fourth-order valence-electron chi connectivity index (χ4n) is 1.53. The number of furan rings is 1. The van der Waals surface area contributed by atoms with Crippen LogP contribution < -0.4 is 0 Å². The predicted octanol–water partition coefficient (Wildman–Crippen LogP) is 3.03. The lowest BCUT2D eigenvalue weighted by Gasteiger charge is -1.94. The average molecular weight is 158 g/mol. The maximum Gasteiger partial charge on any atom is 0.134 e. The molecular weight excluding hydrogens is 152 g/mol. The third kappa shape index (κ3) is 0.605. The van der Waals surface area contributed by atoms with Crippen molar-refractivity contribution in [3.63, 3.8) is 0 Å². The molecule has 58 valence electrons. The van der Waals surface area contributed by atoms with Gasteiger partial charge in [-0.3, -0.25) is 0 Å². The van der Waals surface area contributed by atoms with E-state index >= 15 is 0 Å². The second kappa shape index (κ2) is 1.94. The van der Waals surface area contributed by atoms with Gasteiger partial charge in [0.1, 0.15) is 5.58 Å². The number of fused-ring (bicyclic) bond motifs is 3. The van der Waals surface area contributed by atoms with Crippen LogP contribution in [0.5, 0.6) is 0 Å². The molecule has 0 aliphatic carbocycles. The van der Waals surface area contributed by atoms with Crippen molar-refractivity contribution in [1.82, 2.24) is 0 Å². The summed E-state index contributed by atoms with van der Waals surface area (Å²) in [6, 6.07) is 5.83. The van der Waals surface area contributed by atoms with E-state index < -0.39 is 0 Å². The Balaban J connectivity index is 2.49. The Kier molecular flexibility index (Phi) is 0.961. The van der Waals surface area contributed by atoms with E-state index in [1.165, 1.54) is 5.56 Å². The topological polar surface area (TPSA) is 37.9 Å². The van der Waals surface area contributed by atoms with Gasteiger partial charge in [-0.15, -0.1) is 0 Å². The van der Waals surface area contributed by atoms with Crippen LogP contribution in [-0.4, -0.2) is 0 Å². The largest absolute Gasteiger partial charge is 0.464 e. The highest BCUT2D eigenvalue weighted by molar-refractivity contribution is 5.85. The van der Waals surface area contributed by atoms with E-state index in [-0.39, 0.29) is 0 Å². The van der Waals surface area contributed by atoms with E-state index in [2.05, 4.69) is 10.2 Å². The Bertz CT molecular complexity index is 470. The molecule has 0 bridgehead atoms. The minimum Gasteiger partial charge on any atom is -0.464 e. The van der Waals surface area contributed by atoms with Crippen LogP contribution in [0.15, 0.2) is 39.1 Å². The number of rotatable bonds is 0. The molecule has 0 saturated carbocycles. The highest BCUT2D eigenvalue weighted by Gasteiger charge is 2.12. The number of hydrogen-bond donors (Lipinski definition) is 0. The molecule has 1 aromatic heterocycles. The van der Waals surface area contributed by atoms with Crippen LogP contribution in [0.2, 0.25) is 0 Å². The van der Waals surface area contributed by atoms with E-state index in [9.17, 15) is 0 Å². The molecule has 0 atom stereocenters. The van der Waals surface area contributed by atoms with Crippen molar-refractivity contribution in [3.8, 4) is 0 Å². The second-order valence-corrected chi connectivity index (χ2v) is 2.80. The summed E-state index contributed by atoms with van der Waals surface area (Å²) in [5, 5.41) is 9.11. The first-order valence-corrected chi connectivity index (χ1v) is 3.82. The molecule has 2 heterocycles. The number of hydrogen-bond acceptors (Lipinski definition) is 3. The van der Waals surface area contributed by atoms with Crippen molar-refractivity contribution in [1.29, 1.82) is 0 Å². The minimum absolute atomic E-state index is 0.687. The molecule has 1 aliphatic heterocycles. The Morgan fingerprint density at radius 2 is 2.25 bits per heavy atom. The van der Waals surface area contributed by atoms with Gasteiger partial charge in [0.2, 0.25) is 0 Å². The zero-order valence-electron chi connectivity index (χ0n) is 6.32. The monoisotopic (exact) mass is 158 g/mol. The molecule has 0 spiro atoms. The van der Waals surface area contributed by atoms with Gasteiger partial charge in [-0.05, 0) is 18.2 Å². The molecule has 1 aromatic carbocycles. The van der Waals surface area contributed by atoms with Gasteiger partial charge in [-0.2, -0.15) is 10.2 Å². The van der Waals surface area contributed by atoms with Gasteiger partial charge < -0.3 is 4.42 Å². The molecule has 0 unspecified atom stereocenters. The molecule has 0 saturated heterocycles. The lowest BCUT2D eigenvalue weighted by atomic mass is 10.1. The van der Waals surface area contributed by atoms with Gasteiger partial charge >= 0.3 is 0 Å². The lowest BCUT2D eigenvalue weighted by Crippen LogP contribution is -1.76. The molecule has 3 nitrogen and oxygen atoms in total. The summed E-state index contributed by atoms with van der Waals surface area (Å²) in [5.41, 5.74) is 3.08. The van der Waals surface area contributed by atoms with Gasteiger partial charge in [0.25, 0.3) is 0 Å². The highest BCUT2D eigenvalue weighted by Crippen LogP contribution is 2.33. The summed E-state index contributed by atoms with van der Waals surface area (Å²) in [5.74, 6) is 0. The third-order valence-corrected chi connectivity index (χ3v) is 2.13. The van der Waals surface area contributed by atoms with Gasteiger partial charge in [0.05, 0.1) is 18.5 Å². The standard InChI is InChI=1S/C9H6N2O/c1-2-9-6(3-4-12-9)7-5-10-11-8(1)7/h1-4H,5H2. The summed E-state index contributed by atoms with van der Waals surface area (Å²) in [4.78, 5) is 0. The fourth-order valence-corrected chi connectivity index (χ4v) is 1.53. The van der Waals surface area contributed by atoms with E-state index in [0.29, 0.717) is 6.54 Å². The Labute approximate surface area is 68.7 Å². The van der Waals surface area contributed by atoms with Crippen molar-refractivity contribution in [2.75, 3.05) is 0 Å². The Morgan fingerprint density at radius 3 is 3.25 bits per heavy atom. The minimum atomic E-state index is 0.687. The first-order chi connectivity index (χ1) is 5.95. The highest BCUT2D eigenvalue weighted by atomic mass is 16.3.